The molecule has 0 spiro atoms. The van der Waals surface area contributed by atoms with Crippen molar-refractivity contribution in [2.75, 3.05) is 26.9 Å². The van der Waals surface area contributed by atoms with Gasteiger partial charge in [0, 0.05) is 0 Å². The Kier molecular flexibility index (Phi) is 9.60. The number of carboxylic acid groups (broad SMARTS) is 1. The highest BCUT2D eigenvalue weighted by Crippen LogP contribution is 2.24. The topological polar surface area (TPSA) is 131 Å². The van der Waals surface area contributed by atoms with Gasteiger partial charge in [0.1, 0.15) is 17.9 Å². The molecule has 0 amide bonds. The molecule has 0 bridgehead atoms. The summed E-state index contributed by atoms with van der Waals surface area (Å²) < 4.78 is 43.0. The first-order valence-corrected chi connectivity index (χ1v) is 11.5. The van der Waals surface area contributed by atoms with Crippen molar-refractivity contribution in [3.63, 3.8) is 0 Å². The Hall–Kier alpha value is -2.50. The summed E-state index contributed by atoms with van der Waals surface area (Å²) in [4.78, 5) is 11.4. The maximum Gasteiger partial charge on any atom is 0.324 e. The molecule has 0 saturated heterocycles. The lowest BCUT2D eigenvalue weighted by Crippen LogP contribution is -2.50. The molecule has 0 aliphatic heterocycles. The van der Waals surface area contributed by atoms with Gasteiger partial charge in [-0.15, -0.1) is 0 Å². The molecule has 0 aromatic heterocycles. The molecule has 0 aliphatic rings. The minimum Gasteiger partial charge on any atom is -0.497 e. The van der Waals surface area contributed by atoms with Gasteiger partial charge in [-0.3, -0.25) is 4.79 Å². The number of aliphatic carboxylic acids is 1. The Bertz CT molecular complexity index is 958. The Labute approximate surface area is 188 Å². The zero-order valence-electron chi connectivity index (χ0n) is 18.2. The average Bonchev–Trinajstić information content (AvgIpc) is 2.77. The molecule has 0 fully saturated rings. The van der Waals surface area contributed by atoms with E-state index in [0.29, 0.717) is 5.75 Å². The SMILES string of the molecule is COc1ccc(-c2ccc(S(=O)(=O)N[C@@H](C(=O)O)[C@H](O)COCCOC(C)C)cc2)cc1. The van der Waals surface area contributed by atoms with Crippen LogP contribution in [0.3, 0.4) is 0 Å². The average molecular weight is 468 g/mol. The van der Waals surface area contributed by atoms with E-state index < -0.39 is 28.1 Å². The molecule has 2 aromatic rings. The number of sulfonamides is 1. The summed E-state index contributed by atoms with van der Waals surface area (Å²) in [7, 11) is -2.63. The first kappa shape index (κ1) is 25.8. The molecule has 9 nitrogen and oxygen atoms in total. The van der Waals surface area contributed by atoms with Gasteiger partial charge in [-0.1, -0.05) is 24.3 Å². The summed E-state index contributed by atoms with van der Waals surface area (Å²) in [6, 6.07) is 11.4. The van der Waals surface area contributed by atoms with Gasteiger partial charge in [0.15, 0.2) is 0 Å². The third-order valence-corrected chi connectivity index (χ3v) is 5.95. The van der Waals surface area contributed by atoms with E-state index in [9.17, 15) is 23.4 Å². The van der Waals surface area contributed by atoms with E-state index in [-0.39, 0.29) is 30.8 Å². The van der Waals surface area contributed by atoms with Crippen LogP contribution in [0, 0.1) is 0 Å². The van der Waals surface area contributed by atoms with E-state index in [1.165, 1.54) is 12.1 Å². The van der Waals surface area contributed by atoms with E-state index in [4.69, 9.17) is 14.2 Å². The highest BCUT2D eigenvalue weighted by molar-refractivity contribution is 7.89. The van der Waals surface area contributed by atoms with Crippen LogP contribution in [0.5, 0.6) is 5.75 Å². The molecule has 2 rings (SSSR count). The van der Waals surface area contributed by atoms with Crippen LogP contribution >= 0.6 is 0 Å². The van der Waals surface area contributed by atoms with Crippen LogP contribution in [-0.2, 0) is 24.3 Å². The van der Waals surface area contributed by atoms with Crippen LogP contribution in [-0.4, -0.2) is 69.8 Å². The quantitative estimate of drug-likeness (QED) is 0.381. The van der Waals surface area contributed by atoms with Crippen LogP contribution in [0.4, 0.5) is 0 Å². The van der Waals surface area contributed by atoms with Crippen LogP contribution in [0.2, 0.25) is 0 Å². The van der Waals surface area contributed by atoms with Crippen LogP contribution < -0.4 is 9.46 Å². The number of hydrogen-bond acceptors (Lipinski definition) is 7. The monoisotopic (exact) mass is 467 g/mol. The molecular weight excluding hydrogens is 438 g/mol. The minimum atomic E-state index is -4.20. The standard InChI is InChI=1S/C22H29NO8S/c1-15(2)31-13-12-30-14-20(24)21(22(25)26)23-32(27,28)19-10-6-17(7-11-19)16-4-8-18(29-3)9-5-16/h4-11,15,20-21,23-24H,12-14H2,1-3H3,(H,25,26)/t20-,21-/m1/s1. The Balaban J connectivity index is 2.03. The number of benzene rings is 2. The molecule has 2 atom stereocenters. The normalized spacial score (nSPS) is 13.7. The first-order valence-electron chi connectivity index (χ1n) is 10.0. The molecular formula is C22H29NO8S. The largest absolute Gasteiger partial charge is 0.497 e. The van der Waals surface area contributed by atoms with Gasteiger partial charge in [0.05, 0.1) is 37.9 Å². The van der Waals surface area contributed by atoms with E-state index >= 15 is 0 Å². The van der Waals surface area contributed by atoms with Gasteiger partial charge >= 0.3 is 5.97 Å². The number of carboxylic acids is 1. The lowest BCUT2D eigenvalue weighted by atomic mass is 10.1. The van der Waals surface area contributed by atoms with Crippen LogP contribution in [0.1, 0.15) is 13.8 Å². The summed E-state index contributed by atoms with van der Waals surface area (Å²) in [6.07, 6.45) is -1.57. The van der Waals surface area contributed by atoms with Crippen molar-refractivity contribution in [1.82, 2.24) is 4.72 Å². The molecule has 32 heavy (non-hydrogen) atoms. The fraction of sp³-hybridized carbons (Fsp3) is 0.409. The minimum absolute atomic E-state index is 0.0122. The smallest absolute Gasteiger partial charge is 0.324 e. The van der Waals surface area contributed by atoms with Gasteiger partial charge < -0.3 is 24.4 Å². The lowest BCUT2D eigenvalue weighted by Gasteiger charge is -2.20. The second kappa shape index (κ2) is 11.9. The molecule has 0 saturated carbocycles. The van der Waals surface area contributed by atoms with E-state index in [2.05, 4.69) is 0 Å². The molecule has 3 N–H and O–H groups in total. The first-order chi connectivity index (χ1) is 15.1. The molecule has 0 unspecified atom stereocenters. The third-order valence-electron chi connectivity index (χ3n) is 4.49. The van der Waals surface area contributed by atoms with Crippen molar-refractivity contribution in [3.8, 4) is 16.9 Å². The van der Waals surface area contributed by atoms with Gasteiger partial charge in [0.25, 0.3) is 0 Å². The third kappa shape index (κ3) is 7.57. The van der Waals surface area contributed by atoms with Gasteiger partial charge in [-0.25, -0.2) is 8.42 Å². The Morgan fingerprint density at radius 2 is 1.56 bits per heavy atom. The predicted molar refractivity (Wildman–Crippen MR) is 118 cm³/mol. The number of ether oxygens (including phenoxy) is 3. The van der Waals surface area contributed by atoms with Crippen molar-refractivity contribution < 1.29 is 37.6 Å². The fourth-order valence-corrected chi connectivity index (χ4v) is 4.00. The summed E-state index contributed by atoms with van der Waals surface area (Å²) in [5.74, 6) is -0.815. The zero-order chi connectivity index (χ0) is 23.7. The van der Waals surface area contributed by atoms with Crippen molar-refractivity contribution in [2.24, 2.45) is 0 Å². The summed E-state index contributed by atoms with van der Waals surface area (Å²) in [5.41, 5.74) is 1.64. The molecule has 10 heteroatoms. The summed E-state index contributed by atoms with van der Waals surface area (Å²) >= 11 is 0. The number of aliphatic hydroxyl groups excluding tert-OH is 1. The summed E-state index contributed by atoms with van der Waals surface area (Å²) in [5, 5.41) is 19.5. The van der Waals surface area contributed by atoms with Crippen LogP contribution in [0.25, 0.3) is 11.1 Å². The molecule has 0 heterocycles. The maximum atomic E-state index is 12.7. The fourth-order valence-electron chi connectivity index (χ4n) is 2.78. The number of aliphatic hydroxyl groups is 1. The number of rotatable bonds is 13. The van der Waals surface area contributed by atoms with Gasteiger partial charge in [0.2, 0.25) is 10.0 Å². The highest BCUT2D eigenvalue weighted by Gasteiger charge is 2.32. The zero-order valence-corrected chi connectivity index (χ0v) is 19.0. The number of hydrogen-bond donors (Lipinski definition) is 3. The Morgan fingerprint density at radius 1 is 1.00 bits per heavy atom. The molecule has 176 valence electrons. The number of carbonyl (C=O) groups is 1. The molecule has 0 aliphatic carbocycles. The number of methoxy groups -OCH3 is 1. The second-order valence-corrected chi connectivity index (χ2v) is 8.97. The van der Waals surface area contributed by atoms with Crippen molar-refractivity contribution in [2.45, 2.75) is 37.0 Å². The van der Waals surface area contributed by atoms with Crippen LogP contribution in [0.15, 0.2) is 53.4 Å². The molecule has 0 radical (unpaired) electrons. The van der Waals surface area contributed by atoms with E-state index in [0.717, 1.165) is 11.1 Å². The second-order valence-electron chi connectivity index (χ2n) is 7.25. The van der Waals surface area contributed by atoms with Gasteiger partial charge in [-0.2, -0.15) is 4.72 Å². The van der Waals surface area contributed by atoms with E-state index in [1.807, 2.05) is 30.7 Å². The highest BCUT2D eigenvalue weighted by atomic mass is 32.2. The summed E-state index contributed by atoms with van der Waals surface area (Å²) in [6.45, 7) is 3.76. The predicted octanol–water partition coefficient (Wildman–Crippen LogP) is 1.90. The van der Waals surface area contributed by atoms with Crippen molar-refractivity contribution in [1.29, 1.82) is 0 Å². The van der Waals surface area contributed by atoms with E-state index in [1.54, 1.807) is 31.4 Å². The Morgan fingerprint density at radius 3 is 2.06 bits per heavy atom. The van der Waals surface area contributed by atoms with Crippen molar-refractivity contribution >= 4 is 16.0 Å². The molecule has 2 aromatic carbocycles. The number of nitrogens with one attached hydrogen (secondary N) is 1. The maximum absolute atomic E-state index is 12.7. The lowest BCUT2D eigenvalue weighted by molar-refractivity contribution is -0.143. The van der Waals surface area contributed by atoms with Crippen molar-refractivity contribution in [3.05, 3.63) is 48.5 Å². The van der Waals surface area contributed by atoms with Gasteiger partial charge in [-0.05, 0) is 49.2 Å².